The second-order valence-corrected chi connectivity index (χ2v) is 10.3. The van der Waals surface area contributed by atoms with Gasteiger partial charge in [-0.2, -0.15) is 0 Å². The van der Waals surface area contributed by atoms with Crippen LogP contribution < -0.4 is 14.4 Å². The highest BCUT2D eigenvalue weighted by Crippen LogP contribution is 2.26. The number of carbonyl (C=O) groups is 5. The zero-order valence-electron chi connectivity index (χ0n) is 23.3. The molecule has 43 heavy (non-hydrogen) atoms. The van der Waals surface area contributed by atoms with Gasteiger partial charge in [-0.05, 0) is 85.3 Å². The van der Waals surface area contributed by atoms with Gasteiger partial charge in [0.25, 0.3) is 11.8 Å². The fourth-order valence-corrected chi connectivity index (χ4v) is 4.83. The summed E-state index contributed by atoms with van der Waals surface area (Å²) < 4.78 is 16.3. The number of hydrogen-bond donors (Lipinski definition) is 0. The first-order valence-corrected chi connectivity index (χ1v) is 13.9. The molecule has 3 aromatic rings. The number of anilines is 1. The van der Waals surface area contributed by atoms with Gasteiger partial charge in [-0.1, -0.05) is 37.3 Å². The van der Waals surface area contributed by atoms with E-state index in [4.69, 9.17) is 14.2 Å². The minimum Gasteiger partial charge on any atom is -0.462 e. The predicted molar refractivity (Wildman–Crippen MR) is 157 cm³/mol. The molecule has 0 bridgehead atoms. The zero-order valence-corrected chi connectivity index (χ0v) is 23.3. The van der Waals surface area contributed by atoms with Crippen molar-refractivity contribution < 1.29 is 38.2 Å². The van der Waals surface area contributed by atoms with Gasteiger partial charge in [-0.25, -0.2) is 14.5 Å². The molecule has 1 heterocycles. The van der Waals surface area contributed by atoms with Crippen LogP contribution >= 0.6 is 0 Å². The summed E-state index contributed by atoms with van der Waals surface area (Å²) in [4.78, 5) is 61.9. The van der Waals surface area contributed by atoms with E-state index in [1.165, 1.54) is 36.4 Å². The van der Waals surface area contributed by atoms with E-state index in [-0.39, 0.29) is 23.7 Å². The number of ether oxygens (including phenoxy) is 3. The average Bonchev–Trinajstić information content (AvgIpc) is 3.35. The highest BCUT2D eigenvalue weighted by atomic mass is 16.5. The topological polar surface area (TPSA) is 116 Å². The van der Waals surface area contributed by atoms with Gasteiger partial charge in [0.15, 0.2) is 0 Å². The third-order valence-corrected chi connectivity index (χ3v) is 7.13. The largest absolute Gasteiger partial charge is 0.462 e. The summed E-state index contributed by atoms with van der Waals surface area (Å²) >= 11 is 0. The molecular formula is C34H29NO8. The second kappa shape index (κ2) is 13.1. The molecule has 1 aliphatic heterocycles. The van der Waals surface area contributed by atoms with Crippen LogP contribution in [0.15, 0.2) is 97.1 Å². The normalized spacial score (nSPS) is 14.8. The SMILES string of the molecule is C=C(CC(=O)OC1CCCCC1)C(=O)Oc1ccc(-c2ccc(OC(=O)c3ccc(N4C(=O)C=CC4=O)cc3)cc2)cc1. The van der Waals surface area contributed by atoms with Gasteiger partial charge in [-0.3, -0.25) is 14.4 Å². The van der Waals surface area contributed by atoms with E-state index >= 15 is 0 Å². The van der Waals surface area contributed by atoms with Crippen molar-refractivity contribution in [3.63, 3.8) is 0 Å². The van der Waals surface area contributed by atoms with E-state index in [0.717, 1.165) is 48.1 Å². The summed E-state index contributed by atoms with van der Waals surface area (Å²) in [5.74, 6) is -1.99. The van der Waals surface area contributed by atoms with Gasteiger partial charge >= 0.3 is 17.9 Å². The summed E-state index contributed by atoms with van der Waals surface area (Å²) in [5.41, 5.74) is 2.32. The maximum atomic E-state index is 12.6. The summed E-state index contributed by atoms with van der Waals surface area (Å²) in [5, 5.41) is 0. The predicted octanol–water partition coefficient (Wildman–Crippen LogP) is 5.73. The Hall–Kier alpha value is -5.31. The number of rotatable bonds is 9. The molecule has 0 unspecified atom stereocenters. The number of hydrogen-bond acceptors (Lipinski definition) is 8. The lowest BCUT2D eigenvalue weighted by Gasteiger charge is -2.21. The minimum atomic E-state index is -0.691. The van der Waals surface area contributed by atoms with Crippen molar-refractivity contribution in [2.75, 3.05) is 4.90 Å². The Kier molecular flexibility index (Phi) is 8.90. The van der Waals surface area contributed by atoms with Gasteiger partial charge in [0, 0.05) is 17.7 Å². The van der Waals surface area contributed by atoms with Crippen molar-refractivity contribution in [2.45, 2.75) is 44.6 Å². The maximum absolute atomic E-state index is 12.6. The van der Waals surface area contributed by atoms with E-state index in [1.54, 1.807) is 48.5 Å². The van der Waals surface area contributed by atoms with Crippen LogP contribution in [-0.2, 0) is 23.9 Å². The van der Waals surface area contributed by atoms with Crippen LogP contribution in [0.5, 0.6) is 11.5 Å². The summed E-state index contributed by atoms with van der Waals surface area (Å²) in [7, 11) is 0. The van der Waals surface area contributed by atoms with Gasteiger partial charge in [-0.15, -0.1) is 0 Å². The number of benzene rings is 3. The van der Waals surface area contributed by atoms with E-state index in [1.807, 2.05) is 0 Å². The molecule has 9 nitrogen and oxygen atoms in total. The average molecular weight is 580 g/mol. The minimum absolute atomic E-state index is 0.0278. The highest BCUT2D eigenvalue weighted by Gasteiger charge is 2.25. The maximum Gasteiger partial charge on any atom is 0.343 e. The van der Waals surface area contributed by atoms with Crippen molar-refractivity contribution in [1.29, 1.82) is 0 Å². The van der Waals surface area contributed by atoms with Crippen LogP contribution in [0.4, 0.5) is 5.69 Å². The van der Waals surface area contributed by atoms with Crippen LogP contribution in [-0.4, -0.2) is 35.8 Å². The summed E-state index contributed by atoms with van der Waals surface area (Å²) in [6.07, 6.45) is 7.01. The molecule has 1 aliphatic carbocycles. The zero-order chi connectivity index (χ0) is 30.3. The van der Waals surface area contributed by atoms with E-state index in [0.29, 0.717) is 17.2 Å². The van der Waals surface area contributed by atoms with Crippen molar-refractivity contribution in [3.8, 4) is 22.6 Å². The third kappa shape index (κ3) is 7.32. The first-order chi connectivity index (χ1) is 20.8. The first kappa shape index (κ1) is 29.2. The lowest BCUT2D eigenvalue weighted by molar-refractivity contribution is -0.150. The summed E-state index contributed by atoms with van der Waals surface area (Å²) in [6.45, 7) is 3.68. The molecule has 218 valence electrons. The Bertz CT molecular complexity index is 1560. The van der Waals surface area contributed by atoms with Crippen LogP contribution in [0.2, 0.25) is 0 Å². The Morgan fingerprint density at radius 2 is 1.26 bits per heavy atom. The van der Waals surface area contributed by atoms with Gasteiger partial charge in [0.2, 0.25) is 0 Å². The molecule has 1 fully saturated rings. The van der Waals surface area contributed by atoms with E-state index < -0.39 is 29.7 Å². The Morgan fingerprint density at radius 3 is 1.81 bits per heavy atom. The number of carbonyl (C=O) groups excluding carboxylic acids is 5. The number of nitrogens with zero attached hydrogens (tertiary/aromatic N) is 1. The van der Waals surface area contributed by atoms with E-state index in [9.17, 15) is 24.0 Å². The van der Waals surface area contributed by atoms with Crippen molar-refractivity contribution in [3.05, 3.63) is 103 Å². The van der Waals surface area contributed by atoms with Crippen LogP contribution in [0, 0.1) is 0 Å². The molecule has 0 radical (unpaired) electrons. The molecule has 5 rings (SSSR count). The van der Waals surface area contributed by atoms with Crippen molar-refractivity contribution >= 4 is 35.4 Å². The Balaban J connectivity index is 1.11. The molecule has 0 atom stereocenters. The molecule has 3 aromatic carbocycles. The first-order valence-electron chi connectivity index (χ1n) is 13.9. The molecular weight excluding hydrogens is 550 g/mol. The highest BCUT2D eigenvalue weighted by molar-refractivity contribution is 6.28. The van der Waals surface area contributed by atoms with Crippen LogP contribution in [0.1, 0.15) is 48.9 Å². The molecule has 0 saturated heterocycles. The van der Waals surface area contributed by atoms with Crippen LogP contribution in [0.25, 0.3) is 11.1 Å². The molecule has 0 spiro atoms. The van der Waals surface area contributed by atoms with Crippen molar-refractivity contribution in [1.82, 2.24) is 0 Å². The molecule has 0 N–H and O–H groups in total. The standard InChI is InChI=1S/C34H29NO8/c1-22(21-32(38)41-27-5-3-2-4-6-27)33(39)42-28-15-9-23(10-16-28)24-11-17-29(18-12-24)43-34(40)25-7-13-26(14-8-25)35-30(36)19-20-31(35)37/h7-20,27H,1-6,21H2. The Morgan fingerprint density at radius 1 is 0.721 bits per heavy atom. The number of imide groups is 1. The lowest BCUT2D eigenvalue weighted by Crippen LogP contribution is -2.29. The van der Waals surface area contributed by atoms with Gasteiger partial charge in [0.05, 0.1) is 17.7 Å². The van der Waals surface area contributed by atoms with Gasteiger partial charge < -0.3 is 14.2 Å². The molecule has 2 amide bonds. The quantitative estimate of drug-likeness (QED) is 0.137. The Labute approximate surface area is 248 Å². The molecule has 1 saturated carbocycles. The lowest BCUT2D eigenvalue weighted by atomic mass is 9.98. The fraction of sp³-hybridized carbons (Fsp3) is 0.206. The second-order valence-electron chi connectivity index (χ2n) is 10.3. The van der Waals surface area contributed by atoms with Crippen LogP contribution in [0.3, 0.4) is 0 Å². The fourth-order valence-electron chi connectivity index (χ4n) is 4.83. The summed E-state index contributed by atoms with van der Waals surface area (Å²) in [6, 6.07) is 19.7. The van der Waals surface area contributed by atoms with E-state index in [2.05, 4.69) is 6.58 Å². The number of amides is 2. The van der Waals surface area contributed by atoms with Gasteiger partial charge in [0.1, 0.15) is 17.6 Å². The van der Waals surface area contributed by atoms with Crippen molar-refractivity contribution in [2.24, 2.45) is 0 Å². The number of esters is 3. The smallest absolute Gasteiger partial charge is 0.343 e. The molecule has 9 heteroatoms. The monoisotopic (exact) mass is 579 g/mol. The third-order valence-electron chi connectivity index (χ3n) is 7.13. The molecule has 0 aromatic heterocycles. The molecule has 2 aliphatic rings.